The molecule has 0 aromatic rings. The second-order valence-corrected chi connectivity index (χ2v) is 10.5. The Kier molecular flexibility index (Phi) is 9.74. The highest BCUT2D eigenvalue weighted by Crippen LogP contribution is 2.26. The van der Waals surface area contributed by atoms with E-state index in [1.165, 1.54) is 0 Å². The molecule has 0 aromatic heterocycles. The molecule has 0 bridgehead atoms. The summed E-state index contributed by atoms with van der Waals surface area (Å²) in [6, 6.07) is 1.69. The Balaban J connectivity index is 1.44. The first-order valence-corrected chi connectivity index (χ1v) is 12.9. The van der Waals surface area contributed by atoms with Gasteiger partial charge < -0.3 is 14.2 Å². The van der Waals surface area contributed by atoms with Crippen LogP contribution < -0.4 is 0 Å². The minimum absolute atomic E-state index is 0.0624. The third-order valence-corrected chi connectivity index (χ3v) is 7.37. The fraction of sp³-hybridized carbons (Fsp3) is 0.880. The zero-order chi connectivity index (χ0) is 24.7. The zero-order valence-electron chi connectivity index (χ0n) is 21.4. The van der Waals surface area contributed by atoms with Crippen LogP contribution in [0.25, 0.3) is 0 Å². The summed E-state index contributed by atoms with van der Waals surface area (Å²) in [5, 5.41) is 0. The highest BCUT2D eigenvalue weighted by molar-refractivity contribution is 5.70. The van der Waals surface area contributed by atoms with Crippen LogP contribution in [0.5, 0.6) is 0 Å². The molecule has 34 heavy (non-hydrogen) atoms. The summed E-state index contributed by atoms with van der Waals surface area (Å²) in [7, 11) is 0. The normalized spacial score (nSPS) is 30.7. The van der Waals surface area contributed by atoms with E-state index >= 15 is 0 Å². The third-order valence-electron chi connectivity index (χ3n) is 7.37. The van der Waals surface area contributed by atoms with Crippen LogP contribution in [0.2, 0.25) is 0 Å². The topological polar surface area (TPSA) is 87.9 Å². The van der Waals surface area contributed by atoms with Crippen LogP contribution in [0, 0.1) is 5.41 Å². The van der Waals surface area contributed by atoms with Gasteiger partial charge in [-0.25, -0.2) is 0 Å². The van der Waals surface area contributed by atoms with E-state index in [9.17, 15) is 14.4 Å². The van der Waals surface area contributed by atoms with E-state index in [4.69, 9.17) is 14.2 Å². The van der Waals surface area contributed by atoms with Gasteiger partial charge in [0, 0.05) is 57.3 Å². The number of hydrogen-bond donors (Lipinski definition) is 0. The zero-order valence-corrected chi connectivity index (χ0v) is 21.4. The summed E-state index contributed by atoms with van der Waals surface area (Å²) in [5.74, 6) is -0.827. The molecule has 3 aliphatic rings. The molecule has 0 saturated carbocycles. The van der Waals surface area contributed by atoms with E-state index < -0.39 is 5.41 Å². The standard InChI is InChI=1S/C25H43N3O6/c1-5-25(17-33-23(30)8-11-27-14-20(27)3,18-34-24(31)9-12-28-15-21(28)4)16-32-22(29)7-6-10-26-13-19(26)2/h19-21H,5-18H2,1-4H3. The number of carbonyl (C=O) groups excluding carboxylic acids is 3. The Morgan fingerprint density at radius 2 is 1.03 bits per heavy atom. The smallest absolute Gasteiger partial charge is 0.307 e. The van der Waals surface area contributed by atoms with Gasteiger partial charge in [0.1, 0.15) is 19.8 Å². The van der Waals surface area contributed by atoms with Crippen LogP contribution >= 0.6 is 0 Å². The van der Waals surface area contributed by atoms with Gasteiger partial charge in [-0.15, -0.1) is 0 Å². The van der Waals surface area contributed by atoms with Gasteiger partial charge in [-0.05, 0) is 40.2 Å². The van der Waals surface area contributed by atoms with Crippen molar-refractivity contribution < 1.29 is 28.6 Å². The van der Waals surface area contributed by atoms with Crippen molar-refractivity contribution in [2.45, 2.75) is 77.9 Å². The van der Waals surface area contributed by atoms with Gasteiger partial charge in [0.05, 0.1) is 18.3 Å². The van der Waals surface area contributed by atoms with E-state index in [1.807, 2.05) is 6.92 Å². The van der Waals surface area contributed by atoms with Crippen LogP contribution in [-0.4, -0.2) is 110 Å². The first-order valence-electron chi connectivity index (χ1n) is 12.9. The van der Waals surface area contributed by atoms with Crippen LogP contribution in [0.4, 0.5) is 0 Å². The van der Waals surface area contributed by atoms with Gasteiger partial charge in [-0.3, -0.25) is 29.1 Å². The van der Waals surface area contributed by atoms with Crippen molar-refractivity contribution in [3.8, 4) is 0 Å². The van der Waals surface area contributed by atoms with Crippen molar-refractivity contribution in [2.24, 2.45) is 5.41 Å². The predicted octanol–water partition coefficient (Wildman–Crippen LogP) is 1.69. The van der Waals surface area contributed by atoms with Crippen LogP contribution in [0.3, 0.4) is 0 Å². The van der Waals surface area contributed by atoms with E-state index in [0.29, 0.717) is 56.9 Å². The van der Waals surface area contributed by atoms with E-state index in [0.717, 1.165) is 32.6 Å². The van der Waals surface area contributed by atoms with Crippen LogP contribution in [0.1, 0.15) is 59.8 Å². The molecular weight excluding hydrogens is 438 g/mol. The minimum atomic E-state index is -0.740. The molecule has 6 atom stereocenters. The monoisotopic (exact) mass is 481 g/mol. The SMILES string of the molecule is CCC(COC(=O)CCCN1CC1C)(COC(=O)CCN1CC1C)COC(=O)CCN1CC1C. The van der Waals surface area contributed by atoms with Gasteiger partial charge >= 0.3 is 17.9 Å². The van der Waals surface area contributed by atoms with Crippen molar-refractivity contribution >= 4 is 17.9 Å². The molecule has 9 nitrogen and oxygen atoms in total. The summed E-state index contributed by atoms with van der Waals surface area (Å²) in [6.45, 7) is 14.0. The van der Waals surface area contributed by atoms with Gasteiger partial charge in [0.25, 0.3) is 0 Å². The summed E-state index contributed by atoms with van der Waals surface area (Å²) >= 11 is 0. The summed E-state index contributed by atoms with van der Waals surface area (Å²) in [5.41, 5.74) is -0.740. The largest absolute Gasteiger partial charge is 0.465 e. The Bertz CT molecular complexity index is 681. The van der Waals surface area contributed by atoms with Crippen molar-refractivity contribution in [1.82, 2.24) is 14.7 Å². The van der Waals surface area contributed by atoms with Crippen LogP contribution in [-0.2, 0) is 28.6 Å². The lowest BCUT2D eigenvalue weighted by Crippen LogP contribution is -2.39. The van der Waals surface area contributed by atoms with E-state index in [-0.39, 0.29) is 37.7 Å². The molecule has 3 fully saturated rings. The number of hydrogen-bond acceptors (Lipinski definition) is 9. The van der Waals surface area contributed by atoms with Crippen molar-refractivity contribution in [1.29, 1.82) is 0 Å². The average molecular weight is 482 g/mol. The number of carbonyl (C=O) groups is 3. The molecule has 0 N–H and O–H groups in total. The average Bonchev–Trinajstić information content (AvgIpc) is 3.76. The van der Waals surface area contributed by atoms with E-state index in [1.54, 1.807) is 0 Å². The molecule has 3 rings (SSSR count). The molecule has 0 spiro atoms. The molecule has 3 aliphatic heterocycles. The summed E-state index contributed by atoms with van der Waals surface area (Å²) in [4.78, 5) is 43.6. The number of esters is 3. The fourth-order valence-electron chi connectivity index (χ4n) is 4.06. The van der Waals surface area contributed by atoms with Gasteiger partial charge in [0.2, 0.25) is 0 Å². The number of ether oxygens (including phenoxy) is 3. The molecule has 0 radical (unpaired) electrons. The van der Waals surface area contributed by atoms with Gasteiger partial charge in [-0.2, -0.15) is 0 Å². The maximum absolute atomic E-state index is 12.3. The molecule has 0 aromatic carbocycles. The lowest BCUT2D eigenvalue weighted by molar-refractivity contribution is -0.162. The first kappa shape index (κ1) is 26.9. The van der Waals surface area contributed by atoms with Crippen molar-refractivity contribution in [3.05, 3.63) is 0 Å². The Hall–Kier alpha value is -1.71. The second kappa shape index (κ2) is 12.3. The predicted molar refractivity (Wildman–Crippen MR) is 127 cm³/mol. The third kappa shape index (κ3) is 9.15. The van der Waals surface area contributed by atoms with Gasteiger partial charge in [-0.1, -0.05) is 6.92 Å². The highest BCUT2D eigenvalue weighted by Gasteiger charge is 2.36. The maximum atomic E-state index is 12.3. The molecule has 0 aliphatic carbocycles. The number of nitrogens with zero attached hydrogens (tertiary/aromatic N) is 3. The molecule has 6 unspecified atom stereocenters. The van der Waals surface area contributed by atoms with Crippen molar-refractivity contribution in [2.75, 3.05) is 59.1 Å². The summed E-state index contributed by atoms with van der Waals surface area (Å²) in [6.07, 6.45) is 2.32. The maximum Gasteiger partial charge on any atom is 0.307 e. The molecule has 3 heterocycles. The van der Waals surface area contributed by atoms with Crippen LogP contribution in [0.15, 0.2) is 0 Å². The van der Waals surface area contributed by atoms with Crippen molar-refractivity contribution in [3.63, 3.8) is 0 Å². The first-order chi connectivity index (χ1) is 16.2. The second-order valence-electron chi connectivity index (χ2n) is 10.5. The highest BCUT2D eigenvalue weighted by atomic mass is 16.6. The Labute approximate surface area is 204 Å². The summed E-state index contributed by atoms with van der Waals surface area (Å²) < 4.78 is 16.7. The molecule has 9 heteroatoms. The lowest BCUT2D eigenvalue weighted by Gasteiger charge is -2.31. The molecular formula is C25H43N3O6. The molecule has 3 saturated heterocycles. The molecule has 194 valence electrons. The molecule has 0 amide bonds. The lowest BCUT2D eigenvalue weighted by atomic mass is 9.88. The Morgan fingerprint density at radius 3 is 1.38 bits per heavy atom. The number of rotatable bonds is 17. The quantitative estimate of drug-likeness (QED) is 0.175. The van der Waals surface area contributed by atoms with Gasteiger partial charge in [0.15, 0.2) is 0 Å². The fourth-order valence-corrected chi connectivity index (χ4v) is 4.06. The minimum Gasteiger partial charge on any atom is -0.465 e. The Morgan fingerprint density at radius 1 is 0.676 bits per heavy atom. The van der Waals surface area contributed by atoms with E-state index in [2.05, 4.69) is 35.5 Å².